The lowest BCUT2D eigenvalue weighted by Gasteiger charge is -2.47. The monoisotopic (exact) mass is 568 g/mol. The molecule has 2 heterocycles. The van der Waals surface area contributed by atoms with Crippen LogP contribution in [0.2, 0.25) is 0 Å². The number of benzene rings is 3. The van der Waals surface area contributed by atoms with E-state index in [0.29, 0.717) is 30.2 Å². The second kappa shape index (κ2) is 12.0. The summed E-state index contributed by atoms with van der Waals surface area (Å²) < 4.78 is 16.6. The predicted molar refractivity (Wildman–Crippen MR) is 166 cm³/mol. The summed E-state index contributed by atoms with van der Waals surface area (Å²) in [6, 6.07) is 23.9. The van der Waals surface area contributed by atoms with E-state index in [2.05, 4.69) is 59.3 Å². The van der Waals surface area contributed by atoms with E-state index in [1.807, 2.05) is 24.3 Å². The minimum Gasteiger partial charge on any atom is -0.497 e. The Bertz CT molecular complexity index is 1330. The number of amides is 1. The van der Waals surface area contributed by atoms with Gasteiger partial charge in [-0.05, 0) is 104 Å². The number of hydrogen-bond acceptors (Lipinski definition) is 5. The van der Waals surface area contributed by atoms with Gasteiger partial charge in [-0.15, -0.1) is 0 Å². The number of rotatable bonds is 7. The van der Waals surface area contributed by atoms with Gasteiger partial charge in [-0.3, -0.25) is 4.79 Å². The number of fused-ring (bicyclic) bond motifs is 2. The molecule has 0 bridgehead atoms. The molecule has 0 unspecified atom stereocenters. The molecule has 2 fully saturated rings. The van der Waals surface area contributed by atoms with E-state index < -0.39 is 0 Å². The largest absolute Gasteiger partial charge is 0.497 e. The maximum absolute atomic E-state index is 13.7. The van der Waals surface area contributed by atoms with Crippen molar-refractivity contribution >= 4 is 5.91 Å². The maximum atomic E-state index is 13.7. The first-order valence-electron chi connectivity index (χ1n) is 15.4. The van der Waals surface area contributed by atoms with Gasteiger partial charge in [-0.1, -0.05) is 36.4 Å². The molecule has 1 aliphatic carbocycles. The molecule has 0 radical (unpaired) electrons. The van der Waals surface area contributed by atoms with Gasteiger partial charge in [-0.2, -0.15) is 0 Å². The Hall–Kier alpha value is -3.51. The smallest absolute Gasteiger partial charge is 0.222 e. The van der Waals surface area contributed by atoms with E-state index in [1.165, 1.54) is 22.3 Å². The molecule has 1 amide bonds. The van der Waals surface area contributed by atoms with Crippen molar-refractivity contribution in [1.29, 1.82) is 0 Å². The topological polar surface area (TPSA) is 51.2 Å². The minimum absolute atomic E-state index is 0.151. The third-order valence-corrected chi connectivity index (χ3v) is 10.4. The molecule has 222 valence electrons. The van der Waals surface area contributed by atoms with Gasteiger partial charge in [0.1, 0.15) is 17.2 Å². The van der Waals surface area contributed by atoms with Crippen molar-refractivity contribution in [2.24, 2.45) is 11.8 Å². The normalized spacial score (nSPS) is 23.4. The van der Waals surface area contributed by atoms with Gasteiger partial charge in [0, 0.05) is 37.5 Å². The maximum Gasteiger partial charge on any atom is 0.222 e. The number of methoxy groups -OCH3 is 3. The van der Waals surface area contributed by atoms with E-state index in [9.17, 15) is 4.79 Å². The molecule has 3 aromatic carbocycles. The number of likely N-dealkylation sites (tertiary alicyclic amines) is 2. The summed E-state index contributed by atoms with van der Waals surface area (Å²) >= 11 is 0. The second-order valence-electron chi connectivity index (χ2n) is 12.5. The van der Waals surface area contributed by atoms with Crippen molar-refractivity contribution < 1.29 is 19.0 Å². The lowest BCUT2D eigenvalue weighted by Crippen LogP contribution is -2.51. The van der Waals surface area contributed by atoms with Gasteiger partial charge in [0.25, 0.3) is 0 Å². The number of carbonyl (C=O) groups excluding carboxylic acids is 1. The van der Waals surface area contributed by atoms with Crippen LogP contribution in [0.15, 0.2) is 66.7 Å². The SMILES string of the molecule is COc1ccc(C2(c3ccc(OC)cc3)CCN(C(=O)C[C@@H]3C[C@@H]4Cc5c(cccc5OC)C[C@H]4N(C)C3)CC2)cc1. The van der Waals surface area contributed by atoms with Crippen molar-refractivity contribution in [3.63, 3.8) is 0 Å². The molecule has 6 rings (SSSR count). The molecule has 3 aliphatic rings. The highest BCUT2D eigenvalue weighted by Crippen LogP contribution is 2.44. The highest BCUT2D eigenvalue weighted by molar-refractivity contribution is 5.76. The summed E-state index contributed by atoms with van der Waals surface area (Å²) in [5, 5.41) is 0. The molecule has 0 N–H and O–H groups in total. The molecule has 3 atom stereocenters. The number of carbonyl (C=O) groups is 1. The van der Waals surface area contributed by atoms with Crippen LogP contribution in [-0.4, -0.2) is 69.8 Å². The molecule has 42 heavy (non-hydrogen) atoms. The van der Waals surface area contributed by atoms with E-state index in [1.54, 1.807) is 21.3 Å². The molecular formula is C36H44N2O4. The first-order chi connectivity index (χ1) is 20.4. The Balaban J connectivity index is 1.14. The molecule has 0 aromatic heterocycles. The summed E-state index contributed by atoms with van der Waals surface area (Å²) in [5.74, 6) is 3.97. The Morgan fingerprint density at radius 3 is 2.02 bits per heavy atom. The lowest BCUT2D eigenvalue weighted by atomic mass is 9.68. The van der Waals surface area contributed by atoms with Crippen molar-refractivity contribution in [1.82, 2.24) is 9.80 Å². The summed E-state index contributed by atoms with van der Waals surface area (Å²) in [6.07, 6.45) is 5.62. The third-order valence-electron chi connectivity index (χ3n) is 10.4. The molecule has 6 nitrogen and oxygen atoms in total. The van der Waals surface area contributed by atoms with Crippen LogP contribution in [-0.2, 0) is 23.1 Å². The molecule has 3 aromatic rings. The molecule has 0 saturated carbocycles. The molecule has 2 saturated heterocycles. The van der Waals surface area contributed by atoms with E-state index in [4.69, 9.17) is 14.2 Å². The van der Waals surface area contributed by atoms with Gasteiger partial charge < -0.3 is 24.0 Å². The van der Waals surface area contributed by atoms with Crippen LogP contribution in [0.5, 0.6) is 17.2 Å². The van der Waals surface area contributed by atoms with E-state index >= 15 is 0 Å². The lowest BCUT2D eigenvalue weighted by molar-refractivity contribution is -0.134. The Morgan fingerprint density at radius 2 is 1.45 bits per heavy atom. The predicted octanol–water partition coefficient (Wildman–Crippen LogP) is 5.75. The molecule has 0 spiro atoms. The summed E-state index contributed by atoms with van der Waals surface area (Å²) in [7, 11) is 7.42. The van der Waals surface area contributed by atoms with Crippen LogP contribution in [0.25, 0.3) is 0 Å². The fourth-order valence-corrected chi connectivity index (χ4v) is 8.04. The van der Waals surface area contributed by atoms with Crippen LogP contribution in [0, 0.1) is 11.8 Å². The standard InChI is InChI=1S/C36H44N2O4/c1-37-24-25(20-27-22-32-26(23-33(27)37)6-5-7-34(32)42-4)21-35(39)38-18-16-36(17-19-38,28-8-12-30(40-2)13-9-28)29-10-14-31(41-3)15-11-29/h5-15,25,27,33H,16-24H2,1-4H3/t25-,27+,33+/m0/s1. The van der Waals surface area contributed by atoms with Crippen LogP contribution in [0.1, 0.15) is 47.9 Å². The molecule has 2 aliphatic heterocycles. The highest BCUT2D eigenvalue weighted by Gasteiger charge is 2.42. The van der Waals surface area contributed by atoms with Crippen molar-refractivity contribution in [3.8, 4) is 17.2 Å². The van der Waals surface area contributed by atoms with Gasteiger partial charge >= 0.3 is 0 Å². The average Bonchev–Trinajstić information content (AvgIpc) is 3.04. The number of nitrogens with zero attached hydrogens (tertiary/aromatic N) is 2. The average molecular weight is 569 g/mol. The van der Waals surface area contributed by atoms with Crippen molar-refractivity contribution in [2.45, 2.75) is 50.0 Å². The van der Waals surface area contributed by atoms with Crippen LogP contribution in [0.4, 0.5) is 0 Å². The van der Waals surface area contributed by atoms with E-state index in [-0.39, 0.29) is 5.41 Å². The zero-order chi connectivity index (χ0) is 29.3. The number of hydrogen-bond donors (Lipinski definition) is 0. The summed E-state index contributed by atoms with van der Waals surface area (Å²) in [5.41, 5.74) is 5.18. The zero-order valence-electron chi connectivity index (χ0n) is 25.5. The zero-order valence-corrected chi connectivity index (χ0v) is 25.5. The Kier molecular flexibility index (Phi) is 8.17. The van der Waals surface area contributed by atoms with Crippen LogP contribution in [0.3, 0.4) is 0 Å². The van der Waals surface area contributed by atoms with Crippen LogP contribution < -0.4 is 14.2 Å². The molecular weight excluding hydrogens is 524 g/mol. The van der Waals surface area contributed by atoms with Gasteiger partial charge in [0.15, 0.2) is 0 Å². The summed E-state index contributed by atoms with van der Waals surface area (Å²) in [4.78, 5) is 18.4. The first-order valence-corrected chi connectivity index (χ1v) is 15.4. The second-order valence-corrected chi connectivity index (χ2v) is 12.5. The van der Waals surface area contributed by atoms with Gasteiger partial charge in [0.05, 0.1) is 21.3 Å². The quantitative estimate of drug-likeness (QED) is 0.364. The number of piperidine rings is 2. The summed E-state index contributed by atoms with van der Waals surface area (Å²) in [6.45, 7) is 2.51. The molecule has 6 heteroatoms. The van der Waals surface area contributed by atoms with Crippen LogP contribution >= 0.6 is 0 Å². The van der Waals surface area contributed by atoms with Gasteiger partial charge in [-0.25, -0.2) is 0 Å². The van der Waals surface area contributed by atoms with Crippen molar-refractivity contribution in [2.75, 3.05) is 48.0 Å². The fraction of sp³-hybridized carbons (Fsp3) is 0.472. The first kappa shape index (κ1) is 28.6. The van der Waals surface area contributed by atoms with E-state index in [0.717, 1.165) is 69.0 Å². The van der Waals surface area contributed by atoms with Gasteiger partial charge in [0.2, 0.25) is 5.91 Å². The third kappa shape index (κ3) is 5.37. The fourth-order valence-electron chi connectivity index (χ4n) is 8.04. The minimum atomic E-state index is -0.151. The number of likely N-dealkylation sites (N-methyl/N-ethyl adjacent to an activating group) is 1. The Morgan fingerprint density at radius 1 is 0.833 bits per heavy atom. The van der Waals surface area contributed by atoms with Crippen molar-refractivity contribution in [3.05, 3.63) is 89.0 Å². The number of ether oxygens (including phenoxy) is 3. The highest BCUT2D eigenvalue weighted by atomic mass is 16.5. The Labute approximate surface area is 250 Å².